The van der Waals surface area contributed by atoms with Gasteiger partial charge in [0.05, 0.1) is 6.42 Å². The second-order valence-corrected chi connectivity index (χ2v) is 4.47. The molecular formula is C13H21N3O2. The zero-order valence-corrected chi connectivity index (χ0v) is 11.5. The van der Waals surface area contributed by atoms with Crippen LogP contribution in [0.25, 0.3) is 0 Å². The van der Waals surface area contributed by atoms with Gasteiger partial charge in [0.15, 0.2) is 0 Å². The minimum absolute atomic E-state index is 0.0194. The van der Waals surface area contributed by atoms with Crippen molar-refractivity contribution in [3.63, 3.8) is 0 Å². The van der Waals surface area contributed by atoms with Crippen LogP contribution in [-0.2, 0) is 23.1 Å². The van der Waals surface area contributed by atoms with Crippen LogP contribution in [0.15, 0.2) is 6.07 Å². The summed E-state index contributed by atoms with van der Waals surface area (Å²) in [4.78, 5) is 22.3. The Morgan fingerprint density at radius 2 is 1.83 bits per heavy atom. The van der Waals surface area contributed by atoms with E-state index in [9.17, 15) is 9.59 Å². The van der Waals surface area contributed by atoms with Crippen LogP contribution in [0.5, 0.6) is 0 Å². The summed E-state index contributed by atoms with van der Waals surface area (Å²) in [5, 5.41) is 5.41. The van der Waals surface area contributed by atoms with Crippen molar-refractivity contribution in [1.82, 2.24) is 15.2 Å². The van der Waals surface area contributed by atoms with Gasteiger partial charge in [-0.1, -0.05) is 0 Å². The molecule has 1 heterocycles. The molecule has 2 N–H and O–H groups in total. The van der Waals surface area contributed by atoms with Crippen LogP contribution in [0.2, 0.25) is 0 Å². The van der Waals surface area contributed by atoms with Gasteiger partial charge in [0.2, 0.25) is 11.8 Å². The second kappa shape index (κ2) is 6.23. The van der Waals surface area contributed by atoms with Gasteiger partial charge in [0, 0.05) is 38.4 Å². The molecule has 2 amide bonds. The molecule has 0 bridgehead atoms. The van der Waals surface area contributed by atoms with Gasteiger partial charge in [0.1, 0.15) is 0 Å². The van der Waals surface area contributed by atoms with Gasteiger partial charge in [-0.05, 0) is 25.5 Å². The predicted octanol–water partition coefficient (Wildman–Crippen LogP) is 0.437. The molecule has 0 fully saturated rings. The molecule has 0 saturated carbocycles. The first-order valence-corrected chi connectivity index (χ1v) is 6.04. The Bertz CT molecular complexity index is 449. The van der Waals surface area contributed by atoms with Gasteiger partial charge in [0.25, 0.3) is 0 Å². The van der Waals surface area contributed by atoms with Gasteiger partial charge < -0.3 is 15.2 Å². The molecule has 5 heteroatoms. The average molecular weight is 251 g/mol. The standard InChI is InChI=1S/C13H21N3O2/c1-9-7-12(10(2)16(9)4)8-13(18)15-6-5-14-11(3)17/h7H,5-6,8H2,1-4H3,(H,14,17)(H,15,18). The Hall–Kier alpha value is -1.78. The number of aryl methyl sites for hydroxylation is 1. The number of hydrogen-bond donors (Lipinski definition) is 2. The fraction of sp³-hybridized carbons (Fsp3) is 0.538. The molecule has 0 aromatic carbocycles. The lowest BCUT2D eigenvalue weighted by atomic mass is 10.1. The van der Waals surface area contributed by atoms with E-state index in [-0.39, 0.29) is 11.8 Å². The molecular weight excluding hydrogens is 230 g/mol. The number of nitrogens with one attached hydrogen (secondary N) is 2. The predicted molar refractivity (Wildman–Crippen MR) is 70.3 cm³/mol. The van der Waals surface area contributed by atoms with Crippen molar-refractivity contribution < 1.29 is 9.59 Å². The van der Waals surface area contributed by atoms with Crippen LogP contribution in [0, 0.1) is 13.8 Å². The molecule has 100 valence electrons. The number of carbonyl (C=O) groups excluding carboxylic acids is 2. The van der Waals surface area contributed by atoms with Crippen molar-refractivity contribution in [3.05, 3.63) is 23.0 Å². The average Bonchev–Trinajstić information content (AvgIpc) is 2.52. The molecule has 0 aliphatic rings. The van der Waals surface area contributed by atoms with Crippen LogP contribution in [0.1, 0.15) is 23.9 Å². The van der Waals surface area contributed by atoms with Crippen molar-refractivity contribution in [1.29, 1.82) is 0 Å². The van der Waals surface area contributed by atoms with E-state index in [4.69, 9.17) is 0 Å². The minimum atomic E-state index is -0.0845. The second-order valence-electron chi connectivity index (χ2n) is 4.47. The first-order chi connectivity index (χ1) is 8.41. The summed E-state index contributed by atoms with van der Waals surface area (Å²) in [6.07, 6.45) is 0.383. The zero-order valence-electron chi connectivity index (χ0n) is 11.5. The van der Waals surface area contributed by atoms with E-state index in [1.807, 2.05) is 27.0 Å². The van der Waals surface area contributed by atoms with Crippen LogP contribution in [0.4, 0.5) is 0 Å². The maximum Gasteiger partial charge on any atom is 0.224 e. The number of nitrogens with zero attached hydrogens (tertiary/aromatic N) is 1. The summed E-state index contributed by atoms with van der Waals surface area (Å²) in [6, 6.07) is 2.03. The Kier molecular flexibility index (Phi) is 4.95. The third-order valence-electron chi connectivity index (χ3n) is 3.05. The van der Waals surface area contributed by atoms with Crippen LogP contribution in [0.3, 0.4) is 0 Å². The molecule has 1 aromatic heterocycles. The SMILES string of the molecule is CC(=O)NCCNC(=O)Cc1cc(C)n(C)c1C. The van der Waals surface area contributed by atoms with Gasteiger partial charge in [-0.2, -0.15) is 0 Å². The fourth-order valence-corrected chi connectivity index (χ4v) is 1.79. The molecule has 18 heavy (non-hydrogen) atoms. The summed E-state index contributed by atoms with van der Waals surface area (Å²) in [6.45, 7) is 6.41. The first kappa shape index (κ1) is 14.3. The Labute approximate surface area is 108 Å². The maximum absolute atomic E-state index is 11.7. The van der Waals surface area contributed by atoms with Crippen LogP contribution >= 0.6 is 0 Å². The number of carbonyl (C=O) groups is 2. The normalized spacial score (nSPS) is 10.2. The van der Waals surface area contributed by atoms with Gasteiger partial charge in [-0.3, -0.25) is 9.59 Å². The number of hydrogen-bond acceptors (Lipinski definition) is 2. The fourth-order valence-electron chi connectivity index (χ4n) is 1.79. The summed E-state index contributed by atoms with van der Waals surface area (Å²) < 4.78 is 2.07. The lowest BCUT2D eigenvalue weighted by Gasteiger charge is -2.06. The van der Waals surface area contributed by atoms with Crippen LogP contribution in [-0.4, -0.2) is 29.5 Å². The highest BCUT2D eigenvalue weighted by molar-refractivity contribution is 5.79. The molecule has 1 aromatic rings. The summed E-state index contributed by atoms with van der Waals surface area (Å²) in [5.74, 6) is -0.104. The molecule has 0 radical (unpaired) electrons. The highest BCUT2D eigenvalue weighted by Gasteiger charge is 2.10. The number of amides is 2. The minimum Gasteiger partial charge on any atom is -0.355 e. The van der Waals surface area contributed by atoms with Crippen molar-refractivity contribution in [3.8, 4) is 0 Å². The molecule has 0 unspecified atom stereocenters. The van der Waals surface area contributed by atoms with E-state index in [0.29, 0.717) is 19.5 Å². The quantitative estimate of drug-likeness (QED) is 0.746. The van der Waals surface area contributed by atoms with E-state index in [1.165, 1.54) is 6.92 Å². The van der Waals surface area contributed by atoms with E-state index in [2.05, 4.69) is 15.2 Å². The highest BCUT2D eigenvalue weighted by Crippen LogP contribution is 2.13. The first-order valence-electron chi connectivity index (χ1n) is 6.04. The Morgan fingerprint density at radius 3 is 2.33 bits per heavy atom. The van der Waals surface area contributed by atoms with Crippen molar-refractivity contribution in [2.45, 2.75) is 27.2 Å². The summed E-state index contributed by atoms with van der Waals surface area (Å²) >= 11 is 0. The van der Waals surface area contributed by atoms with Gasteiger partial charge >= 0.3 is 0 Å². The molecule has 0 aliphatic carbocycles. The third-order valence-corrected chi connectivity index (χ3v) is 3.05. The largest absolute Gasteiger partial charge is 0.355 e. The smallest absolute Gasteiger partial charge is 0.224 e. The maximum atomic E-state index is 11.7. The van der Waals surface area contributed by atoms with Gasteiger partial charge in [-0.25, -0.2) is 0 Å². The topological polar surface area (TPSA) is 63.1 Å². The summed E-state index contributed by atoms with van der Waals surface area (Å²) in [7, 11) is 1.99. The molecule has 5 nitrogen and oxygen atoms in total. The van der Waals surface area contributed by atoms with E-state index in [0.717, 1.165) is 17.0 Å². The van der Waals surface area contributed by atoms with Crippen molar-refractivity contribution in [2.75, 3.05) is 13.1 Å². The third kappa shape index (κ3) is 3.91. The zero-order chi connectivity index (χ0) is 13.7. The number of aromatic nitrogens is 1. The highest BCUT2D eigenvalue weighted by atomic mass is 16.2. The van der Waals surface area contributed by atoms with Crippen molar-refractivity contribution >= 4 is 11.8 Å². The van der Waals surface area contributed by atoms with Gasteiger partial charge in [-0.15, -0.1) is 0 Å². The van der Waals surface area contributed by atoms with E-state index in [1.54, 1.807) is 0 Å². The Balaban J connectivity index is 2.40. The number of rotatable bonds is 5. The van der Waals surface area contributed by atoms with Crippen molar-refractivity contribution in [2.24, 2.45) is 7.05 Å². The Morgan fingerprint density at radius 1 is 1.22 bits per heavy atom. The van der Waals surface area contributed by atoms with E-state index < -0.39 is 0 Å². The van der Waals surface area contributed by atoms with Crippen LogP contribution < -0.4 is 10.6 Å². The lowest BCUT2D eigenvalue weighted by Crippen LogP contribution is -2.34. The van der Waals surface area contributed by atoms with E-state index >= 15 is 0 Å². The molecule has 0 saturated heterocycles. The molecule has 0 atom stereocenters. The lowest BCUT2D eigenvalue weighted by molar-refractivity contribution is -0.121. The summed E-state index contributed by atoms with van der Waals surface area (Å²) in [5.41, 5.74) is 3.31. The molecule has 1 rings (SSSR count). The molecule has 0 spiro atoms. The molecule has 0 aliphatic heterocycles. The monoisotopic (exact) mass is 251 g/mol.